The van der Waals surface area contributed by atoms with Crippen LogP contribution in [0.1, 0.15) is 35.2 Å². The highest BCUT2D eigenvalue weighted by atomic mass is 79.9. The summed E-state index contributed by atoms with van der Waals surface area (Å²) >= 11 is 5.32. The fourth-order valence-electron chi connectivity index (χ4n) is 4.33. The molecule has 1 aliphatic heterocycles. The second-order valence-electron chi connectivity index (χ2n) is 7.58. The highest BCUT2D eigenvalue weighted by Crippen LogP contribution is 2.45. The molecule has 1 aromatic heterocycles. The van der Waals surface area contributed by atoms with Crippen LogP contribution in [0.15, 0.2) is 75.7 Å². The number of Topliss-reactive ketones (excluding diaryl/α,β-unsaturated/α-hetero) is 1. The third kappa shape index (κ3) is 3.44. The molecule has 0 fully saturated rings. The molecule has 2 aliphatic rings. The third-order valence-corrected chi connectivity index (χ3v) is 7.42. The Hall–Kier alpha value is -2.57. The van der Waals surface area contributed by atoms with Gasteiger partial charge in [0, 0.05) is 28.5 Å². The Balaban J connectivity index is 1.62. The number of carbonyl (C=O) groups excluding carboxylic acids is 1. The zero-order valence-corrected chi connectivity index (χ0v) is 18.8. The van der Waals surface area contributed by atoms with E-state index in [9.17, 15) is 4.79 Å². The maximum atomic E-state index is 13.5. The van der Waals surface area contributed by atoms with Gasteiger partial charge in [-0.15, -0.1) is 11.3 Å². The third-order valence-electron chi connectivity index (χ3n) is 5.76. The lowest BCUT2D eigenvalue weighted by atomic mass is 9.81. The van der Waals surface area contributed by atoms with Gasteiger partial charge in [-0.05, 0) is 63.6 Å². The number of para-hydroxylation sites is 2. The Bertz CT molecular complexity index is 1140. The highest BCUT2D eigenvalue weighted by molar-refractivity contribution is 9.10. The van der Waals surface area contributed by atoms with Gasteiger partial charge in [0.05, 0.1) is 29.0 Å². The fourth-order valence-corrected chi connectivity index (χ4v) is 5.72. The van der Waals surface area contributed by atoms with Gasteiger partial charge in [-0.25, -0.2) is 0 Å². The van der Waals surface area contributed by atoms with E-state index in [1.165, 1.54) is 4.88 Å². The Morgan fingerprint density at radius 3 is 2.63 bits per heavy atom. The van der Waals surface area contributed by atoms with Crippen molar-refractivity contribution in [2.75, 3.05) is 17.7 Å². The molecule has 30 heavy (non-hydrogen) atoms. The average molecular weight is 481 g/mol. The Morgan fingerprint density at radius 1 is 1.07 bits per heavy atom. The summed E-state index contributed by atoms with van der Waals surface area (Å²) in [6.45, 7) is 0. The average Bonchev–Trinajstić information content (AvgIpc) is 3.22. The van der Waals surface area contributed by atoms with Crippen molar-refractivity contribution >= 4 is 44.4 Å². The van der Waals surface area contributed by atoms with Gasteiger partial charge in [-0.1, -0.05) is 24.3 Å². The fraction of sp³-hybridized carbons (Fsp3) is 0.208. The first-order chi connectivity index (χ1) is 14.6. The number of rotatable bonds is 3. The molecule has 0 unspecified atom stereocenters. The monoisotopic (exact) mass is 480 g/mol. The summed E-state index contributed by atoms with van der Waals surface area (Å²) in [5.74, 6) is 1.18. The van der Waals surface area contributed by atoms with Crippen LogP contribution in [0.5, 0.6) is 5.75 Å². The molecule has 0 saturated heterocycles. The minimum atomic E-state index is -0.227. The summed E-state index contributed by atoms with van der Waals surface area (Å²) in [6.07, 6.45) is 1.36. The number of anilines is 2. The van der Waals surface area contributed by atoms with Crippen molar-refractivity contribution in [2.24, 2.45) is 0 Å². The number of thiophene rings is 1. The topological polar surface area (TPSA) is 50.4 Å². The molecule has 5 rings (SSSR count). The maximum Gasteiger partial charge on any atom is 0.163 e. The van der Waals surface area contributed by atoms with E-state index in [1.807, 2.05) is 36.4 Å². The first-order valence-electron chi connectivity index (χ1n) is 9.89. The molecule has 6 heteroatoms. The molecule has 2 aromatic carbocycles. The number of nitrogens with one attached hydrogen (secondary N) is 2. The Labute approximate surface area is 188 Å². The lowest BCUT2D eigenvalue weighted by molar-refractivity contribution is -0.116. The number of allylic oxidation sites excluding steroid dienone is 1. The molecule has 3 aromatic rings. The second kappa shape index (κ2) is 7.93. The van der Waals surface area contributed by atoms with Crippen molar-refractivity contribution < 1.29 is 9.53 Å². The number of ether oxygens (including phenoxy) is 1. The van der Waals surface area contributed by atoms with E-state index in [0.29, 0.717) is 6.42 Å². The second-order valence-corrected chi connectivity index (χ2v) is 9.41. The van der Waals surface area contributed by atoms with Crippen molar-refractivity contribution in [1.82, 2.24) is 0 Å². The minimum Gasteiger partial charge on any atom is -0.496 e. The van der Waals surface area contributed by atoms with E-state index >= 15 is 0 Å². The smallest absolute Gasteiger partial charge is 0.163 e. The maximum absolute atomic E-state index is 13.5. The van der Waals surface area contributed by atoms with Crippen LogP contribution in [0.4, 0.5) is 11.4 Å². The number of hydrogen-bond acceptors (Lipinski definition) is 5. The lowest BCUT2D eigenvalue weighted by Gasteiger charge is -2.29. The first-order valence-corrected chi connectivity index (χ1v) is 11.6. The quantitative estimate of drug-likeness (QED) is 0.449. The van der Waals surface area contributed by atoms with Crippen LogP contribution in [-0.2, 0) is 4.79 Å². The number of benzene rings is 2. The molecular formula is C24H21BrN2O2S. The summed E-state index contributed by atoms with van der Waals surface area (Å²) in [5, 5.41) is 9.29. The molecule has 2 N–H and O–H groups in total. The number of halogens is 1. The molecule has 0 amide bonds. The standard InChI is InChI=1S/C24H21BrN2O2S/c1-29-21-9-8-14(11-16(21)25)24-23-19(26-17-5-2-3-6-18(17)27-24)12-15(13-20(23)28)22-7-4-10-30-22/h2-11,15,24,26-27H,12-13H2,1H3/t15-,24+/m1/s1. The Kier molecular flexibility index (Phi) is 5.13. The Morgan fingerprint density at radius 2 is 1.90 bits per heavy atom. The number of fused-ring (bicyclic) bond motifs is 1. The van der Waals surface area contributed by atoms with Crippen LogP contribution in [0.2, 0.25) is 0 Å². The summed E-state index contributed by atoms with van der Waals surface area (Å²) in [4.78, 5) is 14.7. The number of methoxy groups -OCH3 is 1. The molecule has 2 heterocycles. The van der Waals surface area contributed by atoms with E-state index in [1.54, 1.807) is 18.4 Å². The summed E-state index contributed by atoms with van der Waals surface area (Å²) < 4.78 is 6.27. The van der Waals surface area contributed by atoms with Crippen molar-refractivity contribution in [3.63, 3.8) is 0 Å². The zero-order valence-electron chi connectivity index (χ0n) is 16.4. The molecule has 2 atom stereocenters. The summed E-state index contributed by atoms with van der Waals surface area (Å²) in [5.41, 5.74) is 4.86. The molecule has 4 nitrogen and oxygen atoms in total. The van der Waals surface area contributed by atoms with Crippen molar-refractivity contribution in [3.8, 4) is 5.75 Å². The van der Waals surface area contributed by atoms with Gasteiger partial charge in [-0.3, -0.25) is 4.79 Å². The van der Waals surface area contributed by atoms with Crippen molar-refractivity contribution in [3.05, 3.63) is 86.2 Å². The van der Waals surface area contributed by atoms with Gasteiger partial charge in [-0.2, -0.15) is 0 Å². The van der Waals surface area contributed by atoms with Gasteiger partial charge in [0.2, 0.25) is 0 Å². The predicted molar refractivity (Wildman–Crippen MR) is 125 cm³/mol. The van der Waals surface area contributed by atoms with Crippen LogP contribution in [0.3, 0.4) is 0 Å². The molecule has 0 spiro atoms. The number of hydrogen-bond donors (Lipinski definition) is 2. The van der Waals surface area contributed by atoms with Crippen molar-refractivity contribution in [2.45, 2.75) is 24.8 Å². The van der Waals surface area contributed by atoms with E-state index in [0.717, 1.165) is 44.9 Å². The zero-order chi connectivity index (χ0) is 20.7. The van der Waals surface area contributed by atoms with Gasteiger partial charge in [0.25, 0.3) is 0 Å². The van der Waals surface area contributed by atoms with Crippen LogP contribution < -0.4 is 15.4 Å². The predicted octanol–water partition coefficient (Wildman–Crippen LogP) is 6.50. The normalized spacial score (nSPS) is 20.5. The van der Waals surface area contributed by atoms with Crippen LogP contribution in [0.25, 0.3) is 0 Å². The van der Waals surface area contributed by atoms with E-state index < -0.39 is 0 Å². The number of ketones is 1. The molecule has 0 saturated carbocycles. The van der Waals surface area contributed by atoms with Gasteiger partial charge in [0.15, 0.2) is 5.78 Å². The minimum absolute atomic E-state index is 0.194. The molecule has 152 valence electrons. The molecular weight excluding hydrogens is 460 g/mol. The van der Waals surface area contributed by atoms with Crippen LogP contribution >= 0.6 is 27.3 Å². The van der Waals surface area contributed by atoms with E-state index in [-0.39, 0.29) is 17.7 Å². The van der Waals surface area contributed by atoms with Crippen LogP contribution in [0, 0.1) is 0 Å². The van der Waals surface area contributed by atoms with Gasteiger partial charge >= 0.3 is 0 Å². The highest BCUT2D eigenvalue weighted by Gasteiger charge is 2.36. The van der Waals surface area contributed by atoms with Crippen molar-refractivity contribution in [1.29, 1.82) is 0 Å². The molecule has 0 radical (unpaired) electrons. The van der Waals surface area contributed by atoms with Crippen LogP contribution in [-0.4, -0.2) is 12.9 Å². The van der Waals surface area contributed by atoms with Gasteiger partial charge in [0.1, 0.15) is 5.75 Å². The van der Waals surface area contributed by atoms with E-state index in [2.05, 4.69) is 50.1 Å². The molecule has 0 bridgehead atoms. The lowest BCUT2D eigenvalue weighted by Crippen LogP contribution is -2.26. The van der Waals surface area contributed by atoms with E-state index in [4.69, 9.17) is 4.74 Å². The van der Waals surface area contributed by atoms with Gasteiger partial charge < -0.3 is 15.4 Å². The molecule has 1 aliphatic carbocycles. The SMILES string of the molecule is COc1ccc([C@@H]2Nc3ccccc3NC3=C2C(=O)C[C@H](c2cccs2)C3)cc1Br. The first kappa shape index (κ1) is 19.4. The largest absolute Gasteiger partial charge is 0.496 e. The summed E-state index contributed by atoms with van der Waals surface area (Å²) in [7, 11) is 1.65. The summed E-state index contributed by atoms with van der Waals surface area (Å²) in [6, 6.07) is 18.1. The number of carbonyl (C=O) groups is 1.